The number of urea groups is 1. The summed E-state index contributed by atoms with van der Waals surface area (Å²) in [5, 5.41) is 12.3. The van der Waals surface area contributed by atoms with Gasteiger partial charge in [-0.1, -0.05) is 0 Å². The van der Waals surface area contributed by atoms with Crippen LogP contribution in [0.5, 0.6) is 0 Å². The highest BCUT2D eigenvalue weighted by Crippen LogP contribution is 2.29. The Balaban J connectivity index is 1.90. The molecule has 1 aliphatic carbocycles. The van der Waals surface area contributed by atoms with E-state index < -0.39 is 11.5 Å². The van der Waals surface area contributed by atoms with E-state index in [9.17, 15) is 14.7 Å². The van der Waals surface area contributed by atoms with E-state index in [4.69, 9.17) is 0 Å². The van der Waals surface area contributed by atoms with Crippen LogP contribution in [0.15, 0.2) is 0 Å². The molecule has 2 fully saturated rings. The lowest BCUT2D eigenvalue weighted by Gasteiger charge is -2.41. The maximum absolute atomic E-state index is 12.4. The van der Waals surface area contributed by atoms with E-state index in [2.05, 4.69) is 24.2 Å². The van der Waals surface area contributed by atoms with Gasteiger partial charge >= 0.3 is 12.0 Å². The molecule has 2 N–H and O–H groups in total. The van der Waals surface area contributed by atoms with Crippen LogP contribution in [-0.2, 0) is 4.79 Å². The molecule has 2 rings (SSSR count). The molecular formula is C15H27N3O3. The van der Waals surface area contributed by atoms with Gasteiger partial charge in [-0.25, -0.2) is 9.59 Å². The van der Waals surface area contributed by atoms with Crippen molar-refractivity contribution >= 4 is 12.0 Å². The van der Waals surface area contributed by atoms with Crippen LogP contribution in [0, 0.1) is 0 Å². The second-order valence-electron chi connectivity index (χ2n) is 6.62. The normalized spacial score (nSPS) is 27.5. The first-order valence-corrected chi connectivity index (χ1v) is 7.87. The van der Waals surface area contributed by atoms with Crippen molar-refractivity contribution in [3.05, 3.63) is 0 Å². The first-order chi connectivity index (χ1) is 9.86. The molecular weight excluding hydrogens is 270 g/mol. The van der Waals surface area contributed by atoms with E-state index in [0.717, 1.165) is 12.8 Å². The van der Waals surface area contributed by atoms with Gasteiger partial charge in [0.2, 0.25) is 0 Å². The summed E-state index contributed by atoms with van der Waals surface area (Å²) in [6.07, 6.45) is 4.71. The number of carboxylic acids is 1. The van der Waals surface area contributed by atoms with Crippen LogP contribution in [0.4, 0.5) is 4.79 Å². The molecule has 1 aliphatic heterocycles. The quantitative estimate of drug-likeness (QED) is 0.807. The number of nitrogens with zero attached hydrogens (tertiary/aromatic N) is 2. The van der Waals surface area contributed by atoms with Crippen molar-refractivity contribution in [2.24, 2.45) is 0 Å². The van der Waals surface area contributed by atoms with Gasteiger partial charge < -0.3 is 15.3 Å². The molecule has 0 spiro atoms. The maximum atomic E-state index is 12.4. The molecule has 2 aliphatic rings. The van der Waals surface area contributed by atoms with Gasteiger partial charge in [0.05, 0.1) is 0 Å². The first kappa shape index (κ1) is 16.1. The minimum atomic E-state index is -1.08. The third-order valence-corrected chi connectivity index (χ3v) is 4.96. The number of likely N-dealkylation sites (N-methyl/N-ethyl adjacent to an activating group) is 1. The molecule has 0 bridgehead atoms. The van der Waals surface area contributed by atoms with Crippen molar-refractivity contribution in [2.45, 2.75) is 63.6 Å². The molecule has 6 heteroatoms. The lowest BCUT2D eigenvalue weighted by molar-refractivity contribution is -0.150. The number of likely N-dealkylation sites (tertiary alicyclic amines) is 1. The summed E-state index contributed by atoms with van der Waals surface area (Å²) in [7, 11) is 2.08. The van der Waals surface area contributed by atoms with Gasteiger partial charge in [-0.15, -0.1) is 0 Å². The van der Waals surface area contributed by atoms with Crippen LogP contribution in [0.25, 0.3) is 0 Å². The fourth-order valence-electron chi connectivity index (χ4n) is 2.99. The van der Waals surface area contributed by atoms with Crippen molar-refractivity contribution in [1.82, 2.24) is 15.1 Å². The number of rotatable bonds is 5. The number of piperidine rings is 1. The number of nitrogens with one attached hydrogen (secondary N) is 1. The first-order valence-electron chi connectivity index (χ1n) is 7.87. The van der Waals surface area contributed by atoms with Gasteiger partial charge in [-0.2, -0.15) is 0 Å². The molecule has 21 heavy (non-hydrogen) atoms. The van der Waals surface area contributed by atoms with Crippen LogP contribution in [0.2, 0.25) is 0 Å². The summed E-state index contributed by atoms with van der Waals surface area (Å²) < 4.78 is 0. The number of amides is 2. The molecule has 2 unspecified atom stereocenters. The van der Waals surface area contributed by atoms with Crippen LogP contribution in [0.1, 0.15) is 46.0 Å². The molecule has 1 heterocycles. The number of aliphatic carboxylic acids is 1. The molecule has 6 nitrogen and oxygen atoms in total. The Bertz CT molecular complexity index is 411. The van der Waals surface area contributed by atoms with Gasteiger partial charge in [0, 0.05) is 25.2 Å². The summed E-state index contributed by atoms with van der Waals surface area (Å²) in [5.74, 6) is -0.916. The molecule has 2 atom stereocenters. The van der Waals surface area contributed by atoms with Crippen LogP contribution < -0.4 is 5.32 Å². The topological polar surface area (TPSA) is 72.9 Å². The average Bonchev–Trinajstić information content (AvgIpc) is 3.28. The van der Waals surface area contributed by atoms with Crippen molar-refractivity contribution in [1.29, 1.82) is 0 Å². The zero-order chi connectivity index (χ0) is 15.6. The molecule has 0 aromatic rings. The minimum absolute atomic E-state index is 0.254. The minimum Gasteiger partial charge on any atom is -0.480 e. The second-order valence-corrected chi connectivity index (χ2v) is 6.62. The van der Waals surface area contributed by atoms with Crippen LogP contribution >= 0.6 is 0 Å². The SMILES string of the molecule is CC(CNC(=O)N1CCCCC1(C)C(=O)O)N(C)C1CC1. The Labute approximate surface area is 126 Å². The molecule has 0 aromatic heterocycles. The number of hydrogen-bond acceptors (Lipinski definition) is 3. The van der Waals surface area contributed by atoms with Crippen LogP contribution in [0.3, 0.4) is 0 Å². The highest BCUT2D eigenvalue weighted by Gasteiger charge is 2.44. The van der Waals surface area contributed by atoms with E-state index >= 15 is 0 Å². The molecule has 1 saturated carbocycles. The van der Waals surface area contributed by atoms with Gasteiger partial charge in [0.15, 0.2) is 0 Å². The largest absolute Gasteiger partial charge is 0.480 e. The summed E-state index contributed by atoms with van der Waals surface area (Å²) >= 11 is 0. The lowest BCUT2D eigenvalue weighted by Crippen LogP contribution is -2.60. The Kier molecular flexibility index (Phi) is 4.76. The Hall–Kier alpha value is -1.30. The smallest absolute Gasteiger partial charge is 0.329 e. The Morgan fingerprint density at radius 3 is 2.67 bits per heavy atom. The molecule has 1 saturated heterocycles. The zero-order valence-electron chi connectivity index (χ0n) is 13.3. The maximum Gasteiger partial charge on any atom is 0.329 e. The zero-order valence-corrected chi connectivity index (χ0v) is 13.3. The number of carboxylic acid groups (broad SMARTS) is 1. The van der Waals surface area contributed by atoms with Crippen molar-refractivity contribution in [3.63, 3.8) is 0 Å². The number of hydrogen-bond donors (Lipinski definition) is 2. The fourth-order valence-corrected chi connectivity index (χ4v) is 2.99. The Morgan fingerprint density at radius 2 is 2.10 bits per heavy atom. The van der Waals surface area contributed by atoms with E-state index in [0.29, 0.717) is 25.6 Å². The summed E-state index contributed by atoms with van der Waals surface area (Å²) in [6.45, 7) is 4.80. The third kappa shape index (κ3) is 3.48. The molecule has 0 radical (unpaired) electrons. The summed E-state index contributed by atoms with van der Waals surface area (Å²) in [4.78, 5) is 27.6. The van der Waals surface area contributed by atoms with E-state index in [1.807, 2.05) is 0 Å². The number of carbonyl (C=O) groups is 2. The van der Waals surface area contributed by atoms with Gasteiger partial charge in [0.1, 0.15) is 5.54 Å². The predicted molar refractivity (Wildman–Crippen MR) is 80.2 cm³/mol. The average molecular weight is 297 g/mol. The molecule has 0 aromatic carbocycles. The fraction of sp³-hybridized carbons (Fsp3) is 0.867. The van der Waals surface area contributed by atoms with Gasteiger partial charge in [0.25, 0.3) is 0 Å². The van der Waals surface area contributed by atoms with Crippen LogP contribution in [-0.4, -0.2) is 64.7 Å². The Morgan fingerprint density at radius 1 is 1.43 bits per heavy atom. The van der Waals surface area contributed by atoms with Gasteiger partial charge in [-0.05, 0) is 53.0 Å². The highest BCUT2D eigenvalue weighted by molar-refractivity contribution is 5.86. The van der Waals surface area contributed by atoms with Crippen molar-refractivity contribution in [3.8, 4) is 0 Å². The molecule has 2 amide bonds. The van der Waals surface area contributed by atoms with E-state index in [1.54, 1.807) is 6.92 Å². The third-order valence-electron chi connectivity index (χ3n) is 4.96. The summed E-state index contributed by atoms with van der Waals surface area (Å²) in [5.41, 5.74) is -1.08. The van der Waals surface area contributed by atoms with E-state index in [1.165, 1.54) is 17.7 Å². The summed E-state index contributed by atoms with van der Waals surface area (Å²) in [6, 6.07) is 0.661. The van der Waals surface area contributed by atoms with E-state index in [-0.39, 0.29) is 12.1 Å². The standard InChI is InChI=1S/C15H27N3O3/c1-11(17(3)12-6-7-12)10-16-14(21)18-9-5-4-8-15(18,2)13(19)20/h11-12H,4-10H2,1-3H3,(H,16,21)(H,19,20). The highest BCUT2D eigenvalue weighted by atomic mass is 16.4. The monoisotopic (exact) mass is 297 g/mol. The van der Waals surface area contributed by atoms with Gasteiger partial charge in [-0.3, -0.25) is 4.90 Å². The van der Waals surface area contributed by atoms with Crippen molar-refractivity contribution in [2.75, 3.05) is 20.1 Å². The predicted octanol–water partition coefficient (Wildman–Crippen LogP) is 1.51. The lowest BCUT2D eigenvalue weighted by atomic mass is 9.89. The second kappa shape index (κ2) is 6.22. The van der Waals surface area contributed by atoms with Crippen molar-refractivity contribution < 1.29 is 14.7 Å². The molecule has 120 valence electrons. The number of carbonyl (C=O) groups excluding carboxylic acids is 1.